The Morgan fingerprint density at radius 1 is 1.33 bits per heavy atom. The summed E-state index contributed by atoms with van der Waals surface area (Å²) in [4.78, 5) is 1.31. The second-order valence-electron chi connectivity index (χ2n) is 3.97. The smallest absolute Gasteiger partial charge is 0.121 e. The van der Waals surface area contributed by atoms with Gasteiger partial charge in [0.25, 0.3) is 0 Å². The van der Waals surface area contributed by atoms with Crippen LogP contribution < -0.4 is 10.1 Å². The Labute approximate surface area is 120 Å². The minimum atomic E-state index is 0.290. The highest BCUT2D eigenvalue weighted by atomic mass is 79.9. The topological polar surface area (TPSA) is 21.3 Å². The molecule has 0 spiro atoms. The summed E-state index contributed by atoms with van der Waals surface area (Å²) >= 11 is 5.24. The predicted octanol–water partition coefficient (Wildman–Crippen LogP) is 5.08. The van der Waals surface area contributed by atoms with E-state index in [0.717, 1.165) is 15.2 Å². The van der Waals surface area contributed by atoms with Crippen LogP contribution in [0.4, 0.5) is 5.69 Å². The largest absolute Gasteiger partial charge is 0.494 e. The summed E-state index contributed by atoms with van der Waals surface area (Å²) in [5, 5.41) is 3.48. The quantitative estimate of drug-likeness (QED) is 0.827. The number of hydrogen-bond acceptors (Lipinski definition) is 3. The molecule has 1 atom stereocenters. The normalized spacial score (nSPS) is 12.2. The zero-order valence-corrected chi connectivity index (χ0v) is 12.8. The van der Waals surface area contributed by atoms with E-state index in [9.17, 15) is 0 Å². The van der Waals surface area contributed by atoms with E-state index in [0.29, 0.717) is 6.61 Å². The third-order valence-corrected chi connectivity index (χ3v) is 4.36. The van der Waals surface area contributed by atoms with Crippen LogP contribution in [-0.4, -0.2) is 6.61 Å². The Morgan fingerprint density at radius 2 is 2.17 bits per heavy atom. The molecule has 0 aliphatic carbocycles. The van der Waals surface area contributed by atoms with E-state index < -0.39 is 0 Å². The molecular weight excluding hydrogens is 310 g/mol. The molecule has 4 heteroatoms. The lowest BCUT2D eigenvalue weighted by molar-refractivity contribution is 0.340. The maximum atomic E-state index is 5.49. The summed E-state index contributed by atoms with van der Waals surface area (Å²) in [5.41, 5.74) is 1.08. The van der Waals surface area contributed by atoms with Gasteiger partial charge in [-0.25, -0.2) is 0 Å². The van der Waals surface area contributed by atoms with Gasteiger partial charge in [-0.1, -0.05) is 6.07 Å². The van der Waals surface area contributed by atoms with Crippen molar-refractivity contribution in [3.05, 3.63) is 45.1 Å². The van der Waals surface area contributed by atoms with Crippen LogP contribution in [0.5, 0.6) is 5.75 Å². The van der Waals surface area contributed by atoms with Gasteiger partial charge in [-0.2, -0.15) is 0 Å². The average molecular weight is 326 g/mol. The molecular formula is C14H16BrNOS. The first-order valence-corrected chi connectivity index (χ1v) is 7.54. The fourth-order valence-corrected chi connectivity index (χ4v) is 3.15. The van der Waals surface area contributed by atoms with Crippen molar-refractivity contribution >= 4 is 33.0 Å². The Bertz CT molecular complexity index is 512. The number of rotatable bonds is 5. The number of thiophene rings is 1. The molecule has 2 nitrogen and oxygen atoms in total. The lowest BCUT2D eigenvalue weighted by Gasteiger charge is -2.14. The maximum Gasteiger partial charge on any atom is 0.121 e. The van der Waals surface area contributed by atoms with Gasteiger partial charge in [0.1, 0.15) is 5.75 Å². The summed E-state index contributed by atoms with van der Waals surface area (Å²) in [7, 11) is 0. The Hall–Kier alpha value is -1.000. The first-order valence-electron chi connectivity index (χ1n) is 5.93. The molecule has 0 bridgehead atoms. The van der Waals surface area contributed by atoms with Crippen LogP contribution in [0, 0.1) is 0 Å². The molecule has 0 saturated carbocycles. The van der Waals surface area contributed by atoms with E-state index in [4.69, 9.17) is 4.74 Å². The number of benzene rings is 1. The lowest BCUT2D eigenvalue weighted by atomic mass is 10.2. The van der Waals surface area contributed by atoms with E-state index >= 15 is 0 Å². The van der Waals surface area contributed by atoms with Crippen LogP contribution in [0.1, 0.15) is 24.8 Å². The van der Waals surface area contributed by atoms with Crippen LogP contribution in [0.15, 0.2) is 40.2 Å². The van der Waals surface area contributed by atoms with Gasteiger partial charge in [0.2, 0.25) is 0 Å². The summed E-state index contributed by atoms with van der Waals surface area (Å²) in [6, 6.07) is 12.6. The van der Waals surface area contributed by atoms with Gasteiger partial charge in [0, 0.05) is 16.6 Å². The van der Waals surface area contributed by atoms with E-state index in [2.05, 4.69) is 46.4 Å². The van der Waals surface area contributed by atoms with Gasteiger partial charge >= 0.3 is 0 Å². The summed E-state index contributed by atoms with van der Waals surface area (Å²) in [5.74, 6) is 0.905. The maximum absolute atomic E-state index is 5.49. The van der Waals surface area contributed by atoms with E-state index in [-0.39, 0.29) is 6.04 Å². The fourth-order valence-electron chi connectivity index (χ4n) is 1.72. The second kappa shape index (κ2) is 6.25. The lowest BCUT2D eigenvalue weighted by Crippen LogP contribution is -2.04. The highest BCUT2D eigenvalue weighted by Gasteiger charge is 2.08. The molecule has 2 aromatic rings. The molecule has 0 aliphatic heterocycles. The van der Waals surface area contributed by atoms with Gasteiger partial charge in [-0.05, 0) is 54.0 Å². The third-order valence-electron chi connectivity index (χ3n) is 2.55. The Balaban J connectivity index is 2.06. The second-order valence-corrected chi connectivity index (χ2v) is 6.46. The minimum absolute atomic E-state index is 0.290. The van der Waals surface area contributed by atoms with E-state index in [1.807, 2.05) is 25.1 Å². The molecule has 1 aromatic heterocycles. The van der Waals surface area contributed by atoms with Crippen LogP contribution in [0.2, 0.25) is 0 Å². The molecule has 0 fully saturated rings. The number of anilines is 1. The van der Waals surface area contributed by atoms with E-state index in [1.165, 1.54) is 4.88 Å². The molecule has 18 heavy (non-hydrogen) atoms. The van der Waals surface area contributed by atoms with Crippen LogP contribution in [0.3, 0.4) is 0 Å². The standard InChI is InChI=1S/C14H16BrNOS/c1-3-17-12-6-4-5-11(9-12)16-10(2)13-7-8-14(15)18-13/h4-10,16H,3H2,1-2H3. The summed E-state index contributed by atoms with van der Waals surface area (Å²) in [6.07, 6.45) is 0. The van der Waals surface area contributed by atoms with E-state index in [1.54, 1.807) is 11.3 Å². The number of halogens is 1. The highest BCUT2D eigenvalue weighted by molar-refractivity contribution is 9.11. The van der Waals surface area contributed by atoms with Gasteiger partial charge < -0.3 is 10.1 Å². The van der Waals surface area contributed by atoms with Gasteiger partial charge in [-0.3, -0.25) is 0 Å². The number of hydrogen-bond donors (Lipinski definition) is 1. The van der Waals surface area contributed by atoms with Gasteiger partial charge in [0.15, 0.2) is 0 Å². The van der Waals surface area contributed by atoms with Crippen molar-refractivity contribution in [3.8, 4) is 5.75 Å². The molecule has 0 saturated heterocycles. The molecule has 96 valence electrons. The van der Waals surface area contributed by atoms with Crippen molar-refractivity contribution in [1.29, 1.82) is 0 Å². The predicted molar refractivity (Wildman–Crippen MR) is 81.7 cm³/mol. The summed E-state index contributed by atoms with van der Waals surface area (Å²) < 4.78 is 6.65. The zero-order chi connectivity index (χ0) is 13.0. The van der Waals surface area contributed by atoms with Crippen molar-refractivity contribution < 1.29 is 4.74 Å². The van der Waals surface area contributed by atoms with Crippen molar-refractivity contribution in [1.82, 2.24) is 0 Å². The molecule has 1 N–H and O–H groups in total. The molecule has 0 aliphatic rings. The van der Waals surface area contributed by atoms with Crippen molar-refractivity contribution in [2.75, 3.05) is 11.9 Å². The molecule has 1 aromatic carbocycles. The van der Waals surface area contributed by atoms with Gasteiger partial charge in [-0.15, -0.1) is 11.3 Å². The van der Waals surface area contributed by atoms with Crippen LogP contribution in [0.25, 0.3) is 0 Å². The average Bonchev–Trinajstić information content (AvgIpc) is 2.77. The van der Waals surface area contributed by atoms with Crippen molar-refractivity contribution in [2.45, 2.75) is 19.9 Å². The Morgan fingerprint density at radius 3 is 2.83 bits per heavy atom. The number of ether oxygens (including phenoxy) is 1. The number of nitrogens with one attached hydrogen (secondary N) is 1. The zero-order valence-electron chi connectivity index (χ0n) is 10.4. The SMILES string of the molecule is CCOc1cccc(NC(C)c2ccc(Br)s2)c1. The molecule has 0 amide bonds. The molecule has 0 radical (unpaired) electrons. The molecule has 1 unspecified atom stereocenters. The monoisotopic (exact) mass is 325 g/mol. The minimum Gasteiger partial charge on any atom is -0.494 e. The Kier molecular flexibility index (Phi) is 4.66. The first kappa shape index (κ1) is 13.4. The third kappa shape index (κ3) is 3.50. The molecule has 1 heterocycles. The highest BCUT2D eigenvalue weighted by Crippen LogP contribution is 2.30. The molecule has 2 rings (SSSR count). The van der Waals surface area contributed by atoms with Crippen molar-refractivity contribution in [3.63, 3.8) is 0 Å². The van der Waals surface area contributed by atoms with Crippen LogP contribution in [-0.2, 0) is 0 Å². The first-order chi connectivity index (χ1) is 8.69. The fraction of sp³-hybridized carbons (Fsp3) is 0.286. The van der Waals surface area contributed by atoms with Crippen LogP contribution >= 0.6 is 27.3 Å². The summed E-state index contributed by atoms with van der Waals surface area (Å²) in [6.45, 7) is 4.84. The van der Waals surface area contributed by atoms with Crippen molar-refractivity contribution in [2.24, 2.45) is 0 Å². The van der Waals surface area contributed by atoms with Gasteiger partial charge in [0.05, 0.1) is 16.4 Å².